The second-order valence-electron chi connectivity index (χ2n) is 6.30. The zero-order chi connectivity index (χ0) is 19.2. The highest BCUT2D eigenvalue weighted by molar-refractivity contribution is 6.30. The molecule has 1 unspecified atom stereocenters. The molecule has 0 saturated carbocycles. The highest BCUT2D eigenvalue weighted by Crippen LogP contribution is 2.14. The normalized spacial score (nSPS) is 11.9. The molecule has 140 valence electrons. The number of hydrogen-bond donors (Lipinski definition) is 3. The Balaban J connectivity index is 1.63. The Kier molecular flexibility index (Phi) is 6.08. The minimum atomic E-state index is -0.622. The van der Waals surface area contributed by atoms with Crippen LogP contribution >= 0.6 is 11.6 Å². The highest BCUT2D eigenvalue weighted by Gasteiger charge is 2.21. The van der Waals surface area contributed by atoms with Crippen LogP contribution in [-0.4, -0.2) is 27.8 Å². The van der Waals surface area contributed by atoms with E-state index in [1.165, 1.54) is 0 Å². The number of nitrogens with one attached hydrogen (secondary N) is 3. The molecule has 27 heavy (non-hydrogen) atoms. The topological polar surface area (TPSA) is 86.9 Å². The fourth-order valence-electron chi connectivity index (χ4n) is 2.81. The van der Waals surface area contributed by atoms with E-state index in [0.717, 1.165) is 23.0 Å². The van der Waals surface area contributed by atoms with Gasteiger partial charge < -0.3 is 10.3 Å². The minimum absolute atomic E-state index is 0.190. The second-order valence-corrected chi connectivity index (χ2v) is 6.74. The van der Waals surface area contributed by atoms with Crippen molar-refractivity contribution in [3.05, 3.63) is 59.1 Å². The van der Waals surface area contributed by atoms with Gasteiger partial charge in [0.1, 0.15) is 6.04 Å². The molecule has 0 radical (unpaired) electrons. The van der Waals surface area contributed by atoms with Gasteiger partial charge in [-0.2, -0.15) is 0 Å². The van der Waals surface area contributed by atoms with Crippen molar-refractivity contribution in [2.75, 3.05) is 5.32 Å². The first-order chi connectivity index (χ1) is 13.0. The number of halogens is 1. The maximum atomic E-state index is 12.6. The van der Waals surface area contributed by atoms with E-state index in [9.17, 15) is 9.59 Å². The third kappa shape index (κ3) is 5.08. The number of aromatic nitrogens is 2. The molecular weight excluding hydrogens is 364 g/mol. The van der Waals surface area contributed by atoms with Crippen molar-refractivity contribution in [3.63, 3.8) is 0 Å². The van der Waals surface area contributed by atoms with Gasteiger partial charge in [-0.25, -0.2) is 4.98 Å². The van der Waals surface area contributed by atoms with E-state index in [1.54, 1.807) is 24.3 Å². The Morgan fingerprint density at radius 3 is 2.59 bits per heavy atom. The van der Waals surface area contributed by atoms with Gasteiger partial charge in [-0.15, -0.1) is 0 Å². The molecule has 1 aromatic heterocycles. The van der Waals surface area contributed by atoms with Crippen LogP contribution in [0.5, 0.6) is 0 Å². The lowest BCUT2D eigenvalue weighted by atomic mass is 10.1. The van der Waals surface area contributed by atoms with Gasteiger partial charge in [0.15, 0.2) is 0 Å². The fraction of sp³-hybridized carbons (Fsp3) is 0.250. The van der Waals surface area contributed by atoms with Crippen molar-refractivity contribution in [1.29, 1.82) is 0 Å². The van der Waals surface area contributed by atoms with Crippen LogP contribution < -0.4 is 10.6 Å². The number of hydrogen-bond acceptors (Lipinski definition) is 3. The molecule has 7 heteroatoms. The third-order valence-corrected chi connectivity index (χ3v) is 4.39. The average molecular weight is 385 g/mol. The molecule has 3 N–H and O–H groups in total. The second kappa shape index (κ2) is 8.68. The van der Waals surface area contributed by atoms with Gasteiger partial charge in [-0.05, 0) is 36.2 Å². The van der Waals surface area contributed by atoms with Crippen molar-refractivity contribution < 1.29 is 9.59 Å². The Hall–Kier alpha value is -2.86. The molecule has 1 atom stereocenters. The number of amides is 2. The quantitative estimate of drug-likeness (QED) is 0.580. The number of imidazole rings is 1. The van der Waals surface area contributed by atoms with Crippen molar-refractivity contribution in [2.45, 2.75) is 32.2 Å². The summed E-state index contributed by atoms with van der Waals surface area (Å²) in [4.78, 5) is 32.3. The Morgan fingerprint density at radius 1 is 1.15 bits per heavy atom. The number of carbonyl (C=O) groups excluding carboxylic acids is 2. The van der Waals surface area contributed by atoms with E-state index >= 15 is 0 Å². The third-order valence-electron chi connectivity index (χ3n) is 4.14. The van der Waals surface area contributed by atoms with Crippen molar-refractivity contribution in [1.82, 2.24) is 15.3 Å². The van der Waals surface area contributed by atoms with Gasteiger partial charge >= 0.3 is 0 Å². The predicted molar refractivity (Wildman–Crippen MR) is 107 cm³/mol. The lowest BCUT2D eigenvalue weighted by Gasteiger charge is -2.17. The molecule has 0 spiro atoms. The number of nitrogens with zero attached hydrogens (tertiary/aromatic N) is 1. The van der Waals surface area contributed by atoms with Gasteiger partial charge in [-0.1, -0.05) is 49.2 Å². The van der Waals surface area contributed by atoms with Crippen LogP contribution in [0.4, 0.5) is 5.95 Å². The summed E-state index contributed by atoms with van der Waals surface area (Å²) in [7, 11) is 0. The zero-order valence-electron chi connectivity index (χ0n) is 15.0. The summed E-state index contributed by atoms with van der Waals surface area (Å²) in [6.45, 7) is 1.97. The lowest BCUT2D eigenvalue weighted by molar-refractivity contribution is -0.126. The molecule has 3 rings (SSSR count). The maximum Gasteiger partial charge on any atom is 0.249 e. The molecule has 0 saturated heterocycles. The van der Waals surface area contributed by atoms with Gasteiger partial charge in [-0.3, -0.25) is 14.9 Å². The van der Waals surface area contributed by atoms with E-state index in [-0.39, 0.29) is 18.2 Å². The molecule has 6 nitrogen and oxygen atoms in total. The molecule has 3 aromatic rings. The van der Waals surface area contributed by atoms with Crippen LogP contribution in [0.3, 0.4) is 0 Å². The first-order valence-corrected chi connectivity index (χ1v) is 9.22. The van der Waals surface area contributed by atoms with E-state index in [0.29, 0.717) is 17.4 Å². The number of aromatic amines is 1. The van der Waals surface area contributed by atoms with Crippen molar-refractivity contribution >= 4 is 40.4 Å². The van der Waals surface area contributed by atoms with Crippen molar-refractivity contribution in [3.8, 4) is 0 Å². The zero-order valence-corrected chi connectivity index (χ0v) is 15.7. The van der Waals surface area contributed by atoms with E-state index in [4.69, 9.17) is 11.6 Å². The summed E-state index contributed by atoms with van der Waals surface area (Å²) in [5, 5.41) is 6.18. The molecule has 1 heterocycles. The number of rotatable bonds is 7. The van der Waals surface area contributed by atoms with E-state index in [1.807, 2.05) is 31.2 Å². The van der Waals surface area contributed by atoms with E-state index in [2.05, 4.69) is 20.6 Å². The van der Waals surface area contributed by atoms with Gasteiger partial charge in [0.05, 0.1) is 17.5 Å². The lowest BCUT2D eigenvalue weighted by Crippen LogP contribution is -2.44. The molecule has 0 fully saturated rings. The van der Waals surface area contributed by atoms with Crippen LogP contribution in [0.2, 0.25) is 5.02 Å². The standard InChI is InChI=1S/C20H21ClN4O2/c1-2-5-17(22-18(26)12-13-8-10-14(21)11-9-13)19(27)25-20-23-15-6-3-4-7-16(15)24-20/h3-4,6-11,17H,2,5,12H2,1H3,(H,22,26)(H2,23,24,25,27). The smallest absolute Gasteiger partial charge is 0.249 e. The molecular formula is C20H21ClN4O2. The molecule has 2 aromatic carbocycles. The first kappa shape index (κ1) is 18.9. The average Bonchev–Trinajstić information content (AvgIpc) is 3.05. The molecule has 0 aliphatic rings. The van der Waals surface area contributed by atoms with Gasteiger partial charge in [0.2, 0.25) is 17.8 Å². The summed E-state index contributed by atoms with van der Waals surface area (Å²) in [5.74, 6) is -0.134. The monoisotopic (exact) mass is 384 g/mol. The maximum absolute atomic E-state index is 12.6. The Labute approximate surface area is 162 Å². The SMILES string of the molecule is CCCC(NC(=O)Cc1ccc(Cl)cc1)C(=O)Nc1nc2ccccc2[nH]1. The summed E-state index contributed by atoms with van der Waals surface area (Å²) < 4.78 is 0. The van der Waals surface area contributed by atoms with Crippen LogP contribution in [0.15, 0.2) is 48.5 Å². The van der Waals surface area contributed by atoms with Crippen LogP contribution in [0.1, 0.15) is 25.3 Å². The molecule has 0 bridgehead atoms. The number of benzene rings is 2. The molecule has 0 aliphatic heterocycles. The predicted octanol–water partition coefficient (Wildman–Crippen LogP) is 3.68. The minimum Gasteiger partial charge on any atom is -0.344 e. The largest absolute Gasteiger partial charge is 0.344 e. The number of carbonyl (C=O) groups is 2. The van der Waals surface area contributed by atoms with Crippen molar-refractivity contribution in [2.24, 2.45) is 0 Å². The Morgan fingerprint density at radius 2 is 1.89 bits per heavy atom. The Bertz CT molecular complexity index is 904. The number of anilines is 1. The number of para-hydroxylation sites is 2. The van der Waals surface area contributed by atoms with Crippen LogP contribution in [0.25, 0.3) is 11.0 Å². The van der Waals surface area contributed by atoms with E-state index < -0.39 is 6.04 Å². The van der Waals surface area contributed by atoms with Crippen LogP contribution in [0, 0.1) is 0 Å². The summed E-state index contributed by atoms with van der Waals surface area (Å²) >= 11 is 5.86. The van der Waals surface area contributed by atoms with Gasteiger partial charge in [0.25, 0.3) is 0 Å². The summed E-state index contributed by atoms with van der Waals surface area (Å²) in [6, 6.07) is 14.0. The first-order valence-electron chi connectivity index (χ1n) is 8.84. The highest BCUT2D eigenvalue weighted by atomic mass is 35.5. The molecule has 0 aliphatic carbocycles. The molecule has 2 amide bonds. The number of fused-ring (bicyclic) bond motifs is 1. The summed E-state index contributed by atoms with van der Waals surface area (Å²) in [6.07, 6.45) is 1.49. The van der Waals surface area contributed by atoms with Crippen LogP contribution in [-0.2, 0) is 16.0 Å². The van der Waals surface area contributed by atoms with Gasteiger partial charge in [0, 0.05) is 5.02 Å². The number of H-pyrrole nitrogens is 1. The summed E-state index contributed by atoms with van der Waals surface area (Å²) in [5.41, 5.74) is 2.45. The fourth-order valence-corrected chi connectivity index (χ4v) is 2.93.